The van der Waals surface area contributed by atoms with Gasteiger partial charge in [-0.2, -0.15) is 0 Å². The molecule has 3 fully saturated rings. The lowest BCUT2D eigenvalue weighted by Crippen LogP contribution is -2.46. The van der Waals surface area contributed by atoms with Gasteiger partial charge in [-0.05, 0) is 52.0 Å². The molecule has 1 aromatic carbocycles. The van der Waals surface area contributed by atoms with Gasteiger partial charge in [-0.3, -0.25) is 19.2 Å². The van der Waals surface area contributed by atoms with Gasteiger partial charge in [0, 0.05) is 23.6 Å². The van der Waals surface area contributed by atoms with Gasteiger partial charge in [-0.1, -0.05) is 24.3 Å². The summed E-state index contributed by atoms with van der Waals surface area (Å²) in [6.45, 7) is 9.03. The number of sulfonamides is 1. The molecule has 11 nitrogen and oxygen atoms in total. The summed E-state index contributed by atoms with van der Waals surface area (Å²) in [5, 5.41) is 0.945. The van der Waals surface area contributed by atoms with Crippen LogP contribution < -0.4 is 14.2 Å². The number of allylic oxidation sites excluding steroid dienone is 1. The van der Waals surface area contributed by atoms with Crippen LogP contribution in [0.2, 0.25) is 0 Å². The molecule has 0 spiro atoms. The Morgan fingerprint density at radius 2 is 1.88 bits per heavy atom. The predicted molar refractivity (Wildman–Crippen MR) is 155 cm³/mol. The number of ether oxygens (including phenoxy) is 3. The smallest absolute Gasteiger partial charge is 0.411 e. The molecule has 226 valence electrons. The van der Waals surface area contributed by atoms with Gasteiger partial charge in [0.25, 0.3) is 0 Å². The summed E-state index contributed by atoms with van der Waals surface area (Å²) in [5.74, 6) is -0.502. The van der Waals surface area contributed by atoms with Crippen molar-refractivity contribution in [2.24, 2.45) is 11.3 Å². The summed E-state index contributed by atoms with van der Waals surface area (Å²) >= 11 is 0. The first-order chi connectivity index (χ1) is 19.8. The molecule has 2 saturated carbocycles. The number of aromatic nitrogens is 1. The van der Waals surface area contributed by atoms with Crippen LogP contribution in [0.4, 0.5) is 4.79 Å². The molecule has 1 aromatic heterocycles. The van der Waals surface area contributed by atoms with Crippen molar-refractivity contribution in [2.75, 3.05) is 13.7 Å². The third-order valence-electron chi connectivity index (χ3n) is 8.04. The molecule has 0 unspecified atom stereocenters. The number of fused-ring (bicyclic) bond motifs is 1. The van der Waals surface area contributed by atoms with Crippen molar-refractivity contribution in [2.45, 2.75) is 75.9 Å². The molecule has 2 aromatic rings. The zero-order valence-corrected chi connectivity index (χ0v) is 25.1. The average molecular weight is 600 g/mol. The fraction of sp³-hybridized carbons (Fsp3) is 0.533. The van der Waals surface area contributed by atoms with Crippen LogP contribution in [0.1, 0.15) is 52.9 Å². The zero-order chi connectivity index (χ0) is 30.4. The van der Waals surface area contributed by atoms with E-state index < -0.39 is 50.4 Å². The maximum atomic E-state index is 13.9. The lowest BCUT2D eigenvalue weighted by molar-refractivity contribution is -0.131. The first kappa shape index (κ1) is 29.8. The number of rotatable bonds is 10. The number of hydrogen-bond donors (Lipinski definition) is 1. The number of nitrogens with zero attached hydrogens (tertiary/aromatic N) is 2. The molecule has 5 rings (SSSR count). The Kier molecular flexibility index (Phi) is 7.71. The fourth-order valence-corrected chi connectivity index (χ4v) is 6.96. The second-order valence-corrected chi connectivity index (χ2v) is 14.3. The fourth-order valence-electron chi connectivity index (χ4n) is 5.57. The van der Waals surface area contributed by atoms with Crippen molar-refractivity contribution in [3.05, 3.63) is 43.1 Å². The molecule has 1 aliphatic heterocycles. The first-order valence-corrected chi connectivity index (χ1v) is 15.6. The Morgan fingerprint density at radius 3 is 2.48 bits per heavy atom. The number of nitrogens with one attached hydrogen (secondary N) is 1. The summed E-state index contributed by atoms with van der Waals surface area (Å²) in [6, 6.07) is 6.52. The highest BCUT2D eigenvalue weighted by atomic mass is 32.2. The Bertz CT molecular complexity index is 1530. The largest absolute Gasteiger partial charge is 0.494 e. The minimum absolute atomic E-state index is 0.0630. The Labute approximate surface area is 245 Å². The summed E-state index contributed by atoms with van der Waals surface area (Å²) in [7, 11) is -2.24. The van der Waals surface area contributed by atoms with Crippen LogP contribution in [-0.4, -0.2) is 72.7 Å². The van der Waals surface area contributed by atoms with Crippen LogP contribution in [-0.2, 0) is 24.3 Å². The molecular weight excluding hydrogens is 562 g/mol. The number of carbonyl (C=O) groups excluding carboxylic acids is 3. The number of benzene rings is 1. The normalized spacial score (nSPS) is 25.5. The van der Waals surface area contributed by atoms with Crippen molar-refractivity contribution in [1.82, 2.24) is 14.6 Å². The molecule has 1 N–H and O–H groups in total. The molecule has 0 bridgehead atoms. The van der Waals surface area contributed by atoms with Crippen LogP contribution >= 0.6 is 0 Å². The zero-order valence-electron chi connectivity index (χ0n) is 24.3. The molecule has 2 aliphatic carbocycles. The number of pyridine rings is 1. The van der Waals surface area contributed by atoms with Gasteiger partial charge in [-0.25, -0.2) is 18.2 Å². The second kappa shape index (κ2) is 10.9. The topological polar surface area (TPSA) is 141 Å². The summed E-state index contributed by atoms with van der Waals surface area (Å²) < 4.78 is 44.5. The number of carbonyl (C=O) groups is 3. The number of Topliss-reactive ketones (excluding diaryl/α,β-unsaturated/α-hetero) is 1. The van der Waals surface area contributed by atoms with Crippen LogP contribution in [0.3, 0.4) is 0 Å². The molecular formula is C30H37N3O8S. The molecule has 4 atom stereocenters. The third kappa shape index (κ3) is 5.95. The summed E-state index contributed by atoms with van der Waals surface area (Å²) in [6.07, 6.45) is 3.08. The van der Waals surface area contributed by atoms with E-state index in [9.17, 15) is 22.8 Å². The number of methoxy groups -OCH3 is 1. The van der Waals surface area contributed by atoms with Crippen LogP contribution in [0.15, 0.2) is 43.1 Å². The highest BCUT2D eigenvalue weighted by Gasteiger charge is 2.61. The van der Waals surface area contributed by atoms with Gasteiger partial charge < -0.3 is 14.2 Å². The van der Waals surface area contributed by atoms with Crippen molar-refractivity contribution in [1.29, 1.82) is 0 Å². The van der Waals surface area contributed by atoms with E-state index in [0.717, 1.165) is 10.8 Å². The van der Waals surface area contributed by atoms with Gasteiger partial charge in [-0.15, -0.1) is 6.58 Å². The van der Waals surface area contributed by atoms with Crippen molar-refractivity contribution < 1.29 is 37.0 Å². The van der Waals surface area contributed by atoms with Gasteiger partial charge in [0.15, 0.2) is 5.78 Å². The van der Waals surface area contributed by atoms with E-state index in [1.807, 2.05) is 24.3 Å². The first-order valence-electron chi connectivity index (χ1n) is 14.1. The maximum Gasteiger partial charge on any atom is 0.411 e. The standard InChI is InChI=1S/C30H37N3O8S/c1-6-18-14-30(18,27(35)32-42(37,38)20-11-12-20)15-24(34)23-13-19(17-33(23)28(36)41-29(2,3)4)40-26-22-10-8-7-9-21(22)25(39-5)16-31-26/h6-10,16,18-20,23H,1,11-15,17H2,2-5H3,(H,32,35)/t18-,19-,23+,30-/m1/s1. The molecule has 3 aliphatic rings. The Balaban J connectivity index is 1.38. The second-order valence-electron chi connectivity index (χ2n) is 12.3. The minimum Gasteiger partial charge on any atom is -0.494 e. The molecule has 2 heterocycles. The number of ketones is 1. The summed E-state index contributed by atoms with van der Waals surface area (Å²) in [4.78, 5) is 46.1. The quantitative estimate of drug-likeness (QED) is 0.404. The van der Waals surface area contributed by atoms with Crippen molar-refractivity contribution in [3.63, 3.8) is 0 Å². The highest BCUT2D eigenvalue weighted by molar-refractivity contribution is 7.90. The van der Waals surface area contributed by atoms with Crippen LogP contribution in [0, 0.1) is 11.3 Å². The van der Waals surface area contributed by atoms with E-state index >= 15 is 0 Å². The van der Waals surface area contributed by atoms with E-state index in [-0.39, 0.29) is 31.1 Å². The van der Waals surface area contributed by atoms with Gasteiger partial charge in [0.1, 0.15) is 17.5 Å². The lowest BCUT2D eigenvalue weighted by atomic mass is 9.91. The van der Waals surface area contributed by atoms with Gasteiger partial charge in [0.05, 0.1) is 36.6 Å². The SMILES string of the molecule is C=C[C@@H]1C[C@]1(CC(=O)[C@@H]1C[C@@H](Oc2ncc(OC)c3ccccc23)CN1C(=O)OC(C)(C)C)C(=O)NS(=O)(=O)C1CC1. The predicted octanol–water partition coefficient (Wildman–Crippen LogP) is 3.76. The van der Waals surface area contributed by atoms with Crippen LogP contribution in [0.5, 0.6) is 11.6 Å². The summed E-state index contributed by atoms with van der Waals surface area (Å²) in [5.41, 5.74) is -2.03. The van der Waals surface area contributed by atoms with Crippen molar-refractivity contribution >= 4 is 38.6 Å². The number of likely N-dealkylation sites (tertiary alicyclic amines) is 1. The van der Waals surface area contributed by atoms with Crippen LogP contribution in [0.25, 0.3) is 10.8 Å². The molecule has 12 heteroatoms. The highest BCUT2D eigenvalue weighted by Crippen LogP contribution is 2.57. The van der Waals surface area contributed by atoms with Gasteiger partial charge >= 0.3 is 6.09 Å². The monoisotopic (exact) mass is 599 g/mol. The van der Waals surface area contributed by atoms with E-state index in [1.54, 1.807) is 40.2 Å². The molecule has 0 radical (unpaired) electrons. The molecule has 1 saturated heterocycles. The van der Waals surface area contributed by atoms with E-state index in [4.69, 9.17) is 14.2 Å². The molecule has 42 heavy (non-hydrogen) atoms. The van der Waals surface area contributed by atoms with E-state index in [0.29, 0.717) is 30.9 Å². The van der Waals surface area contributed by atoms with E-state index in [2.05, 4.69) is 16.3 Å². The number of amides is 2. The molecule has 2 amide bonds. The van der Waals surface area contributed by atoms with Gasteiger partial charge in [0.2, 0.25) is 21.8 Å². The Morgan fingerprint density at radius 1 is 1.19 bits per heavy atom. The third-order valence-corrected chi connectivity index (χ3v) is 9.86. The average Bonchev–Trinajstić information content (AvgIpc) is 3.85. The minimum atomic E-state index is -3.79. The maximum absolute atomic E-state index is 13.9. The lowest BCUT2D eigenvalue weighted by Gasteiger charge is -2.28. The Hall–Kier alpha value is -3.67. The number of hydrogen-bond acceptors (Lipinski definition) is 9. The van der Waals surface area contributed by atoms with Crippen molar-refractivity contribution in [3.8, 4) is 11.6 Å². The van der Waals surface area contributed by atoms with E-state index in [1.165, 1.54) is 4.90 Å².